The number of halogens is 1. The van der Waals surface area contributed by atoms with Gasteiger partial charge in [0.2, 0.25) is 5.91 Å². The Labute approximate surface area is 177 Å². The molecule has 0 heterocycles. The Morgan fingerprint density at radius 2 is 1.43 bits per heavy atom. The molecule has 0 aromatic heterocycles. The van der Waals surface area contributed by atoms with Gasteiger partial charge in [0.15, 0.2) is 0 Å². The van der Waals surface area contributed by atoms with E-state index in [1.165, 1.54) is 18.2 Å². The Hall–Kier alpha value is -2.65. The lowest BCUT2D eigenvalue weighted by molar-refractivity contribution is -0.111. The van der Waals surface area contributed by atoms with Gasteiger partial charge in [-0.05, 0) is 82.8 Å². The zero-order chi connectivity index (χ0) is 20.0. The average molecular weight is 504 g/mol. The van der Waals surface area contributed by atoms with Crippen LogP contribution >= 0.6 is 22.6 Å². The fourth-order valence-electron chi connectivity index (χ4n) is 2.37. The summed E-state index contributed by atoms with van der Waals surface area (Å²) in [5, 5.41) is 2.70. The van der Waals surface area contributed by atoms with Crippen molar-refractivity contribution in [2.45, 2.75) is 4.90 Å². The number of nitrogens with one attached hydrogen (secondary N) is 2. The largest absolute Gasteiger partial charge is 0.323 e. The van der Waals surface area contributed by atoms with Gasteiger partial charge in [0.05, 0.1) is 4.90 Å². The Morgan fingerprint density at radius 1 is 0.821 bits per heavy atom. The quantitative estimate of drug-likeness (QED) is 0.376. The van der Waals surface area contributed by atoms with E-state index in [9.17, 15) is 13.2 Å². The molecule has 3 rings (SSSR count). The van der Waals surface area contributed by atoms with Crippen molar-refractivity contribution >= 4 is 56.0 Å². The molecule has 7 heteroatoms. The fourth-order valence-corrected chi connectivity index (χ4v) is 3.79. The summed E-state index contributed by atoms with van der Waals surface area (Å²) in [6.07, 6.45) is 3.14. The standard InChI is InChI=1S/C21H17IN2O3S/c22-17-7-9-19(10-8-17)24-28(26,27)20-13-11-18(12-14-20)23-21(25)15-6-16-4-2-1-3-5-16/h1-15,24H,(H,23,25). The summed E-state index contributed by atoms with van der Waals surface area (Å²) in [5.74, 6) is -0.295. The van der Waals surface area contributed by atoms with Crippen LogP contribution in [-0.2, 0) is 14.8 Å². The van der Waals surface area contributed by atoms with Crippen LogP contribution in [0.2, 0.25) is 0 Å². The number of anilines is 2. The molecule has 1 amide bonds. The third-order valence-electron chi connectivity index (χ3n) is 3.76. The van der Waals surface area contributed by atoms with Gasteiger partial charge in [-0.2, -0.15) is 0 Å². The van der Waals surface area contributed by atoms with Crippen LogP contribution < -0.4 is 10.0 Å². The molecule has 0 aliphatic rings. The van der Waals surface area contributed by atoms with Crippen LogP contribution in [0.25, 0.3) is 6.08 Å². The van der Waals surface area contributed by atoms with Crippen LogP contribution in [0, 0.1) is 3.57 Å². The molecule has 5 nitrogen and oxygen atoms in total. The molecule has 28 heavy (non-hydrogen) atoms. The molecule has 142 valence electrons. The van der Waals surface area contributed by atoms with Crippen molar-refractivity contribution in [1.29, 1.82) is 0 Å². The van der Waals surface area contributed by atoms with Crippen LogP contribution in [0.1, 0.15) is 5.56 Å². The average Bonchev–Trinajstić information content (AvgIpc) is 2.69. The van der Waals surface area contributed by atoms with E-state index in [1.54, 1.807) is 30.3 Å². The number of rotatable bonds is 6. The molecule has 0 unspecified atom stereocenters. The van der Waals surface area contributed by atoms with Gasteiger partial charge in [-0.25, -0.2) is 8.42 Å². The van der Waals surface area contributed by atoms with Gasteiger partial charge in [-0.1, -0.05) is 30.3 Å². The van der Waals surface area contributed by atoms with Crippen molar-refractivity contribution in [3.05, 3.63) is 94.1 Å². The zero-order valence-corrected chi connectivity index (χ0v) is 17.6. The lowest BCUT2D eigenvalue weighted by Crippen LogP contribution is -2.13. The Balaban J connectivity index is 1.64. The molecule has 0 atom stereocenters. The molecule has 0 fully saturated rings. The smallest absolute Gasteiger partial charge is 0.261 e. The van der Waals surface area contributed by atoms with Gasteiger partial charge in [-0.15, -0.1) is 0 Å². The van der Waals surface area contributed by atoms with E-state index in [0.29, 0.717) is 11.4 Å². The third kappa shape index (κ3) is 5.67. The first-order valence-corrected chi connectivity index (χ1v) is 10.9. The fraction of sp³-hybridized carbons (Fsp3) is 0. The van der Waals surface area contributed by atoms with Crippen molar-refractivity contribution in [2.75, 3.05) is 10.0 Å². The maximum Gasteiger partial charge on any atom is 0.261 e. The lowest BCUT2D eigenvalue weighted by atomic mass is 10.2. The zero-order valence-electron chi connectivity index (χ0n) is 14.7. The molecule has 0 aliphatic heterocycles. The van der Waals surface area contributed by atoms with E-state index in [-0.39, 0.29) is 10.8 Å². The van der Waals surface area contributed by atoms with Crippen LogP contribution in [0.3, 0.4) is 0 Å². The second kappa shape index (κ2) is 9.03. The second-order valence-corrected chi connectivity index (χ2v) is 8.80. The van der Waals surface area contributed by atoms with E-state index >= 15 is 0 Å². The highest BCUT2D eigenvalue weighted by molar-refractivity contribution is 14.1. The molecule has 0 saturated heterocycles. The summed E-state index contributed by atoms with van der Waals surface area (Å²) in [4.78, 5) is 12.1. The molecular weight excluding hydrogens is 487 g/mol. The number of carbonyl (C=O) groups excluding carboxylic acids is 1. The van der Waals surface area contributed by atoms with Crippen molar-refractivity contribution in [2.24, 2.45) is 0 Å². The third-order valence-corrected chi connectivity index (χ3v) is 5.87. The predicted octanol–water partition coefficient (Wildman–Crippen LogP) is 4.74. The molecule has 3 aromatic rings. The van der Waals surface area contributed by atoms with E-state index in [2.05, 4.69) is 32.6 Å². The Kier molecular flexibility index (Phi) is 6.48. The van der Waals surface area contributed by atoms with Crippen molar-refractivity contribution in [3.63, 3.8) is 0 Å². The monoisotopic (exact) mass is 504 g/mol. The predicted molar refractivity (Wildman–Crippen MR) is 121 cm³/mol. The number of carbonyl (C=O) groups is 1. The number of amides is 1. The maximum atomic E-state index is 12.5. The number of hydrogen-bond acceptors (Lipinski definition) is 3. The Bertz CT molecular complexity index is 1080. The number of hydrogen-bond donors (Lipinski definition) is 2. The first-order valence-electron chi connectivity index (χ1n) is 8.35. The van der Waals surface area contributed by atoms with E-state index < -0.39 is 10.0 Å². The van der Waals surface area contributed by atoms with E-state index in [4.69, 9.17) is 0 Å². The SMILES string of the molecule is O=C(C=Cc1ccccc1)Nc1ccc(S(=O)(=O)Nc2ccc(I)cc2)cc1. The summed E-state index contributed by atoms with van der Waals surface area (Å²) >= 11 is 2.15. The summed E-state index contributed by atoms with van der Waals surface area (Å²) in [7, 11) is -3.70. The first-order chi connectivity index (χ1) is 13.4. The molecule has 3 aromatic carbocycles. The van der Waals surface area contributed by atoms with E-state index in [0.717, 1.165) is 9.13 Å². The van der Waals surface area contributed by atoms with Crippen LogP contribution in [0.5, 0.6) is 0 Å². The van der Waals surface area contributed by atoms with Gasteiger partial charge in [0.25, 0.3) is 10.0 Å². The molecule has 0 bridgehead atoms. The molecule has 0 spiro atoms. The summed E-state index contributed by atoms with van der Waals surface area (Å²) < 4.78 is 28.5. The minimum absolute atomic E-state index is 0.115. The number of sulfonamides is 1. The second-order valence-electron chi connectivity index (χ2n) is 5.87. The van der Waals surface area contributed by atoms with Crippen molar-refractivity contribution in [1.82, 2.24) is 0 Å². The lowest BCUT2D eigenvalue weighted by Gasteiger charge is -2.09. The summed E-state index contributed by atoms with van der Waals surface area (Å²) in [5.41, 5.74) is 1.92. The van der Waals surface area contributed by atoms with Gasteiger partial charge >= 0.3 is 0 Å². The Morgan fingerprint density at radius 3 is 2.07 bits per heavy atom. The highest BCUT2D eigenvalue weighted by atomic mass is 127. The van der Waals surface area contributed by atoms with Gasteiger partial charge in [0.1, 0.15) is 0 Å². The maximum absolute atomic E-state index is 12.5. The van der Waals surface area contributed by atoms with Gasteiger partial charge in [0, 0.05) is 21.0 Å². The van der Waals surface area contributed by atoms with Crippen LogP contribution in [0.15, 0.2) is 89.8 Å². The number of benzene rings is 3. The topological polar surface area (TPSA) is 75.3 Å². The minimum Gasteiger partial charge on any atom is -0.323 e. The molecular formula is C21H17IN2O3S. The molecule has 0 saturated carbocycles. The van der Waals surface area contributed by atoms with Crippen molar-refractivity contribution in [3.8, 4) is 0 Å². The first kappa shape index (κ1) is 20.1. The normalized spacial score (nSPS) is 11.3. The van der Waals surface area contributed by atoms with Crippen LogP contribution in [-0.4, -0.2) is 14.3 Å². The summed E-state index contributed by atoms with van der Waals surface area (Å²) in [6.45, 7) is 0. The highest BCUT2D eigenvalue weighted by Gasteiger charge is 2.14. The highest BCUT2D eigenvalue weighted by Crippen LogP contribution is 2.19. The van der Waals surface area contributed by atoms with E-state index in [1.807, 2.05) is 42.5 Å². The molecule has 2 N–H and O–H groups in total. The summed E-state index contributed by atoms with van der Waals surface area (Å²) in [6, 6.07) is 22.5. The van der Waals surface area contributed by atoms with Crippen LogP contribution in [0.4, 0.5) is 11.4 Å². The van der Waals surface area contributed by atoms with Gasteiger partial charge < -0.3 is 5.32 Å². The molecule has 0 radical (unpaired) electrons. The van der Waals surface area contributed by atoms with Gasteiger partial charge in [-0.3, -0.25) is 9.52 Å². The van der Waals surface area contributed by atoms with Crippen molar-refractivity contribution < 1.29 is 13.2 Å². The minimum atomic E-state index is -3.70. The molecule has 0 aliphatic carbocycles.